The van der Waals surface area contributed by atoms with Crippen LogP contribution in [0.25, 0.3) is 0 Å². The summed E-state index contributed by atoms with van der Waals surface area (Å²) in [5.74, 6) is -0.632. The maximum absolute atomic E-state index is 12.9. The Balaban J connectivity index is 0.00000196. The molecule has 0 spiro atoms. The van der Waals surface area contributed by atoms with E-state index in [0.29, 0.717) is 0 Å². The smallest absolute Gasteiger partial charge is 0.316 e. The van der Waals surface area contributed by atoms with Crippen LogP contribution < -0.4 is 5.32 Å². The molecule has 0 aliphatic carbocycles. The van der Waals surface area contributed by atoms with Gasteiger partial charge in [0.25, 0.3) is 0 Å². The molecule has 14 heavy (non-hydrogen) atoms. The standard InChI is InChI=1S/C9H9F4N.H2/c1-14-5-6-4-7(9(11,12)13)2-3-8(6)10;/h2-4,14H,5H2,1H3;1H. The third-order valence-electron chi connectivity index (χ3n) is 1.74. The molecule has 5 heteroatoms. The molecule has 0 saturated heterocycles. The number of benzene rings is 1. The summed E-state index contributed by atoms with van der Waals surface area (Å²) < 4.78 is 49.5. The molecule has 0 fully saturated rings. The molecule has 1 N–H and O–H groups in total. The third kappa shape index (κ3) is 2.45. The van der Waals surface area contributed by atoms with Crippen LogP contribution >= 0.6 is 0 Å². The lowest BCUT2D eigenvalue weighted by Gasteiger charge is -2.09. The van der Waals surface area contributed by atoms with E-state index in [-0.39, 0.29) is 13.5 Å². The Bertz CT molecular complexity index is 324. The molecule has 0 unspecified atom stereocenters. The molecule has 0 atom stereocenters. The number of hydrogen-bond donors (Lipinski definition) is 1. The van der Waals surface area contributed by atoms with Crippen molar-refractivity contribution >= 4 is 0 Å². The molecule has 0 heterocycles. The van der Waals surface area contributed by atoms with Crippen LogP contribution in [-0.4, -0.2) is 7.05 Å². The first-order valence-electron chi connectivity index (χ1n) is 3.95. The average molecular weight is 209 g/mol. The first kappa shape index (κ1) is 11.0. The van der Waals surface area contributed by atoms with Crippen molar-refractivity contribution in [2.45, 2.75) is 12.7 Å². The Labute approximate surface area is 80.2 Å². The molecular formula is C9H11F4N. The summed E-state index contributed by atoms with van der Waals surface area (Å²) in [5.41, 5.74) is -0.813. The topological polar surface area (TPSA) is 12.0 Å². The van der Waals surface area contributed by atoms with Crippen molar-refractivity contribution in [3.8, 4) is 0 Å². The van der Waals surface area contributed by atoms with E-state index < -0.39 is 17.6 Å². The van der Waals surface area contributed by atoms with Crippen LogP contribution in [0.15, 0.2) is 18.2 Å². The summed E-state index contributed by atoms with van der Waals surface area (Å²) in [6, 6.07) is 2.37. The van der Waals surface area contributed by atoms with Gasteiger partial charge in [0.15, 0.2) is 0 Å². The van der Waals surface area contributed by atoms with E-state index in [4.69, 9.17) is 0 Å². The second kappa shape index (κ2) is 3.96. The van der Waals surface area contributed by atoms with E-state index in [1.54, 1.807) is 7.05 Å². The highest BCUT2D eigenvalue weighted by Crippen LogP contribution is 2.30. The molecule has 0 aliphatic rings. The minimum absolute atomic E-state index is 0. The van der Waals surface area contributed by atoms with Gasteiger partial charge in [0.1, 0.15) is 5.82 Å². The summed E-state index contributed by atoms with van der Waals surface area (Å²) in [4.78, 5) is 0. The van der Waals surface area contributed by atoms with Crippen LogP contribution in [0.5, 0.6) is 0 Å². The van der Waals surface area contributed by atoms with Crippen LogP contribution in [0.3, 0.4) is 0 Å². The van der Waals surface area contributed by atoms with E-state index in [0.717, 1.165) is 18.2 Å². The first-order chi connectivity index (χ1) is 6.45. The van der Waals surface area contributed by atoms with Crippen LogP contribution in [0.4, 0.5) is 17.6 Å². The number of nitrogens with one attached hydrogen (secondary N) is 1. The third-order valence-corrected chi connectivity index (χ3v) is 1.74. The molecule has 0 saturated carbocycles. The maximum atomic E-state index is 12.9. The average Bonchev–Trinajstić information content (AvgIpc) is 2.07. The van der Waals surface area contributed by atoms with Gasteiger partial charge in [-0.1, -0.05) is 0 Å². The molecule has 1 nitrogen and oxygen atoms in total. The predicted octanol–water partition coefficient (Wildman–Crippen LogP) is 2.81. The Morgan fingerprint density at radius 1 is 1.36 bits per heavy atom. The van der Waals surface area contributed by atoms with Crippen LogP contribution in [0.1, 0.15) is 12.6 Å². The Morgan fingerprint density at radius 3 is 2.50 bits per heavy atom. The lowest BCUT2D eigenvalue weighted by molar-refractivity contribution is -0.137. The van der Waals surface area contributed by atoms with E-state index in [9.17, 15) is 17.6 Å². The van der Waals surface area contributed by atoms with E-state index >= 15 is 0 Å². The Morgan fingerprint density at radius 2 is 2.00 bits per heavy atom. The van der Waals surface area contributed by atoms with Crippen molar-refractivity contribution in [2.24, 2.45) is 0 Å². The number of rotatable bonds is 2. The second-order valence-electron chi connectivity index (χ2n) is 2.83. The summed E-state index contributed by atoms with van der Waals surface area (Å²) in [7, 11) is 1.54. The van der Waals surface area contributed by atoms with Gasteiger partial charge in [-0.15, -0.1) is 0 Å². The molecule has 1 aromatic rings. The summed E-state index contributed by atoms with van der Waals surface area (Å²) in [6.07, 6.45) is -4.42. The molecule has 0 aromatic heterocycles. The van der Waals surface area contributed by atoms with Crippen molar-refractivity contribution in [2.75, 3.05) is 7.05 Å². The molecule has 80 valence electrons. The molecule has 0 bridgehead atoms. The lowest BCUT2D eigenvalue weighted by Crippen LogP contribution is -2.10. The van der Waals surface area contributed by atoms with Gasteiger partial charge >= 0.3 is 6.18 Å². The second-order valence-corrected chi connectivity index (χ2v) is 2.83. The van der Waals surface area contributed by atoms with E-state index in [1.807, 2.05) is 0 Å². The molecule has 0 aliphatic heterocycles. The highest BCUT2D eigenvalue weighted by Gasteiger charge is 2.30. The predicted molar refractivity (Wildman–Crippen MR) is 46.3 cm³/mol. The van der Waals surface area contributed by atoms with Gasteiger partial charge in [0.05, 0.1) is 5.56 Å². The van der Waals surface area contributed by atoms with Gasteiger partial charge in [-0.2, -0.15) is 13.2 Å². The van der Waals surface area contributed by atoms with Gasteiger partial charge in [-0.05, 0) is 25.2 Å². The van der Waals surface area contributed by atoms with Crippen LogP contribution in [0.2, 0.25) is 0 Å². The fourth-order valence-electron chi connectivity index (χ4n) is 1.08. The number of alkyl halides is 3. The zero-order valence-corrected chi connectivity index (χ0v) is 7.45. The van der Waals surface area contributed by atoms with Crippen molar-refractivity contribution in [1.29, 1.82) is 0 Å². The SMILES string of the molecule is CNCc1cc(C(F)(F)F)ccc1F.[HH]. The van der Waals surface area contributed by atoms with E-state index in [1.165, 1.54) is 0 Å². The van der Waals surface area contributed by atoms with Crippen molar-refractivity contribution in [3.63, 3.8) is 0 Å². The fourth-order valence-corrected chi connectivity index (χ4v) is 1.08. The summed E-state index contributed by atoms with van der Waals surface area (Å²) in [6.45, 7) is 0.0791. The Kier molecular flexibility index (Phi) is 3.10. The normalized spacial score (nSPS) is 11.8. The van der Waals surface area contributed by atoms with Crippen molar-refractivity contribution in [1.82, 2.24) is 5.32 Å². The quantitative estimate of drug-likeness (QED) is 0.738. The molecular weight excluding hydrogens is 198 g/mol. The summed E-state index contributed by atoms with van der Waals surface area (Å²) >= 11 is 0. The summed E-state index contributed by atoms with van der Waals surface area (Å²) in [5, 5.41) is 2.60. The van der Waals surface area contributed by atoms with Crippen LogP contribution in [-0.2, 0) is 12.7 Å². The minimum atomic E-state index is -4.42. The van der Waals surface area contributed by atoms with Gasteiger partial charge in [-0.25, -0.2) is 4.39 Å². The van der Waals surface area contributed by atoms with Crippen molar-refractivity contribution < 1.29 is 19.0 Å². The van der Waals surface area contributed by atoms with Gasteiger partial charge < -0.3 is 5.32 Å². The number of hydrogen-bond acceptors (Lipinski definition) is 1. The fraction of sp³-hybridized carbons (Fsp3) is 0.333. The molecule has 1 aromatic carbocycles. The van der Waals surface area contributed by atoms with E-state index in [2.05, 4.69) is 5.32 Å². The van der Waals surface area contributed by atoms with Crippen molar-refractivity contribution in [3.05, 3.63) is 35.1 Å². The monoisotopic (exact) mass is 209 g/mol. The zero-order chi connectivity index (χ0) is 10.8. The minimum Gasteiger partial charge on any atom is -0.316 e. The first-order valence-corrected chi connectivity index (χ1v) is 3.95. The Hall–Kier alpha value is -1.10. The lowest BCUT2D eigenvalue weighted by atomic mass is 10.1. The zero-order valence-electron chi connectivity index (χ0n) is 7.45. The van der Waals surface area contributed by atoms with Crippen LogP contribution in [0, 0.1) is 5.82 Å². The molecule has 1 rings (SSSR count). The van der Waals surface area contributed by atoms with Gasteiger partial charge in [-0.3, -0.25) is 0 Å². The molecule has 0 amide bonds. The number of halogens is 4. The van der Waals surface area contributed by atoms with Gasteiger partial charge in [0, 0.05) is 13.5 Å². The largest absolute Gasteiger partial charge is 0.416 e. The highest BCUT2D eigenvalue weighted by atomic mass is 19.4. The highest BCUT2D eigenvalue weighted by molar-refractivity contribution is 5.27. The van der Waals surface area contributed by atoms with Gasteiger partial charge in [0.2, 0.25) is 0 Å². The maximum Gasteiger partial charge on any atom is 0.416 e. The molecule has 0 radical (unpaired) electrons.